The summed E-state index contributed by atoms with van der Waals surface area (Å²) in [4.78, 5) is 7.04. The lowest BCUT2D eigenvalue weighted by Crippen LogP contribution is -2.46. The van der Waals surface area contributed by atoms with Gasteiger partial charge in [0.25, 0.3) is 0 Å². The van der Waals surface area contributed by atoms with Gasteiger partial charge >= 0.3 is 0 Å². The first kappa shape index (κ1) is 31.7. The van der Waals surface area contributed by atoms with Crippen LogP contribution in [0.15, 0.2) is 42.7 Å². The number of hydrogen-bond acceptors (Lipinski definition) is 7. The van der Waals surface area contributed by atoms with Crippen LogP contribution in [0.1, 0.15) is 75.2 Å². The number of anilines is 2. The summed E-state index contributed by atoms with van der Waals surface area (Å²) in [5.41, 5.74) is 4.18. The zero-order valence-electron chi connectivity index (χ0n) is 25.9. The van der Waals surface area contributed by atoms with E-state index in [4.69, 9.17) is 33.0 Å². The molecular weight excluding hydrogens is 612 g/mol. The van der Waals surface area contributed by atoms with Crippen molar-refractivity contribution < 1.29 is 9.13 Å². The smallest absolute Gasteiger partial charge is 0.141 e. The van der Waals surface area contributed by atoms with E-state index in [-0.39, 0.29) is 16.5 Å². The summed E-state index contributed by atoms with van der Waals surface area (Å²) >= 11 is 12.9. The Balaban J connectivity index is 1.32. The molecule has 0 spiro atoms. The first-order chi connectivity index (χ1) is 21.6. The predicted octanol–water partition coefficient (Wildman–Crippen LogP) is 8.08. The highest BCUT2D eigenvalue weighted by Gasteiger charge is 2.31. The molecule has 8 nitrogen and oxygen atoms in total. The number of ether oxygens (including phenoxy) is 1. The van der Waals surface area contributed by atoms with Crippen LogP contribution in [0.3, 0.4) is 0 Å². The molecule has 6 rings (SSSR count). The van der Waals surface area contributed by atoms with E-state index in [1.807, 2.05) is 12.1 Å². The minimum absolute atomic E-state index is 0.0114. The van der Waals surface area contributed by atoms with Crippen molar-refractivity contribution in [3.63, 3.8) is 0 Å². The van der Waals surface area contributed by atoms with Crippen molar-refractivity contribution >= 4 is 45.5 Å². The zero-order valence-corrected chi connectivity index (χ0v) is 27.4. The Bertz CT molecular complexity index is 1720. The highest BCUT2D eigenvalue weighted by atomic mass is 35.5. The molecule has 1 atom stereocenters. The van der Waals surface area contributed by atoms with E-state index >= 15 is 0 Å². The molecule has 45 heavy (non-hydrogen) atoms. The van der Waals surface area contributed by atoms with Crippen molar-refractivity contribution in [1.29, 1.82) is 5.26 Å². The molecule has 2 aliphatic heterocycles. The Kier molecular flexibility index (Phi) is 9.30. The van der Waals surface area contributed by atoms with Gasteiger partial charge in [-0.1, -0.05) is 28.4 Å². The topological polar surface area (TPSA) is 91.9 Å². The summed E-state index contributed by atoms with van der Waals surface area (Å²) < 4.78 is 21.7. The molecule has 2 aromatic carbocycles. The highest BCUT2D eigenvalue weighted by Crippen LogP contribution is 2.39. The normalized spacial score (nSPS) is 17.8. The predicted molar refractivity (Wildman–Crippen MR) is 176 cm³/mol. The van der Waals surface area contributed by atoms with Crippen molar-refractivity contribution in [2.75, 3.05) is 31.6 Å². The fourth-order valence-corrected chi connectivity index (χ4v) is 7.17. The van der Waals surface area contributed by atoms with Gasteiger partial charge in [0, 0.05) is 61.2 Å². The van der Waals surface area contributed by atoms with Crippen LogP contribution in [0.2, 0.25) is 10.0 Å². The largest absolute Gasteiger partial charge is 0.381 e. The second kappa shape index (κ2) is 13.2. The Morgan fingerprint density at radius 1 is 1.09 bits per heavy atom. The summed E-state index contributed by atoms with van der Waals surface area (Å²) in [5.74, 6) is -0.0204. The van der Waals surface area contributed by atoms with Crippen LogP contribution in [0.4, 0.5) is 15.8 Å². The number of rotatable bonds is 7. The monoisotopic (exact) mass is 649 g/mol. The fraction of sp³-hybridized carbons (Fsp3) is 0.471. The van der Waals surface area contributed by atoms with Crippen LogP contribution >= 0.6 is 23.2 Å². The number of nitriles is 1. The molecule has 4 aromatic rings. The quantitative estimate of drug-likeness (QED) is 0.216. The van der Waals surface area contributed by atoms with Crippen molar-refractivity contribution in [3.8, 4) is 6.07 Å². The Hall–Kier alpha value is -3.29. The van der Waals surface area contributed by atoms with Gasteiger partial charge in [0.1, 0.15) is 11.9 Å². The standard InChI is InChI=1S/C34H38Cl2FN7O/c1-34(2,3)43-10-6-25(7-11-43)44-20-31(41-42-44)26(22-8-12-45-13-9-22)14-21-15-27-32(40-24-4-5-30(37)28(35)17-24)23(18-38)19-39-33(27)29(36)16-21/h4-5,15-17,19-20,22,25-26H,6-14H2,1-3H3,(H,39,40)/t26-/m0/s1. The Labute approximate surface area is 273 Å². The second-order valence-corrected chi connectivity index (χ2v) is 14.0. The summed E-state index contributed by atoms with van der Waals surface area (Å²) in [6.07, 6.45) is 8.33. The van der Waals surface area contributed by atoms with E-state index < -0.39 is 5.82 Å². The lowest BCUT2D eigenvalue weighted by molar-refractivity contribution is 0.0572. The molecule has 0 aliphatic carbocycles. The van der Waals surface area contributed by atoms with Crippen molar-refractivity contribution in [1.82, 2.24) is 24.9 Å². The summed E-state index contributed by atoms with van der Waals surface area (Å²) in [5, 5.41) is 23.8. The van der Waals surface area contributed by atoms with Gasteiger partial charge in [0.15, 0.2) is 0 Å². The zero-order chi connectivity index (χ0) is 31.7. The van der Waals surface area contributed by atoms with E-state index in [1.54, 1.807) is 6.07 Å². The van der Waals surface area contributed by atoms with Crippen molar-refractivity contribution in [3.05, 3.63) is 75.4 Å². The molecule has 236 valence electrons. The van der Waals surface area contributed by atoms with Gasteiger partial charge < -0.3 is 10.1 Å². The summed E-state index contributed by atoms with van der Waals surface area (Å²) in [6.45, 7) is 10.3. The molecule has 4 heterocycles. The molecule has 1 N–H and O–H groups in total. The molecule has 2 fully saturated rings. The molecule has 2 saturated heterocycles. The van der Waals surface area contributed by atoms with Crippen LogP contribution in [-0.2, 0) is 11.2 Å². The number of nitrogens with one attached hydrogen (secondary N) is 1. The third-order valence-electron chi connectivity index (χ3n) is 9.28. The summed E-state index contributed by atoms with van der Waals surface area (Å²) in [7, 11) is 0. The van der Waals surface area contributed by atoms with Crippen LogP contribution in [-0.4, -0.2) is 56.7 Å². The summed E-state index contributed by atoms with van der Waals surface area (Å²) in [6, 6.07) is 10.9. The third-order valence-corrected chi connectivity index (χ3v) is 9.86. The number of nitrogens with zero attached hydrogens (tertiary/aromatic N) is 6. The van der Waals surface area contributed by atoms with E-state index in [9.17, 15) is 9.65 Å². The number of hydrogen-bond donors (Lipinski definition) is 1. The molecule has 0 amide bonds. The van der Waals surface area contributed by atoms with Crippen LogP contribution in [0, 0.1) is 23.1 Å². The molecule has 0 bridgehead atoms. The van der Waals surface area contributed by atoms with E-state index in [0.717, 1.165) is 63.2 Å². The Morgan fingerprint density at radius 3 is 2.53 bits per heavy atom. The van der Waals surface area contributed by atoms with Crippen LogP contribution in [0.5, 0.6) is 0 Å². The lowest BCUT2D eigenvalue weighted by Gasteiger charge is -2.40. The molecular formula is C34H38Cl2FN7O. The van der Waals surface area contributed by atoms with Crippen LogP contribution in [0.25, 0.3) is 10.9 Å². The number of piperidine rings is 1. The molecule has 0 radical (unpaired) electrons. The van der Waals surface area contributed by atoms with Crippen LogP contribution < -0.4 is 5.32 Å². The Morgan fingerprint density at radius 2 is 1.84 bits per heavy atom. The van der Waals surface area contributed by atoms with E-state index in [0.29, 0.717) is 51.2 Å². The SMILES string of the molecule is CC(C)(C)N1CCC(n2cc([C@@H](Cc3cc(Cl)c4ncc(C#N)c(Nc5ccc(F)c(Cl)c5)c4c3)C3CCOCC3)nn2)CC1. The molecule has 0 unspecified atom stereocenters. The maximum atomic E-state index is 13.9. The molecule has 2 aromatic heterocycles. The number of pyridine rings is 1. The number of fused-ring (bicyclic) bond motifs is 1. The van der Waals surface area contributed by atoms with Gasteiger partial charge in [-0.05, 0) is 94.7 Å². The minimum atomic E-state index is -0.515. The number of aromatic nitrogens is 4. The van der Waals surface area contributed by atoms with E-state index in [1.165, 1.54) is 18.3 Å². The van der Waals surface area contributed by atoms with Gasteiger partial charge in [-0.25, -0.2) is 9.07 Å². The molecule has 0 saturated carbocycles. The number of benzene rings is 2. The molecule has 11 heteroatoms. The number of halogens is 3. The first-order valence-electron chi connectivity index (χ1n) is 15.6. The van der Waals surface area contributed by atoms with E-state index in [2.05, 4.69) is 58.1 Å². The highest BCUT2D eigenvalue weighted by molar-refractivity contribution is 6.35. The minimum Gasteiger partial charge on any atom is -0.381 e. The lowest BCUT2D eigenvalue weighted by atomic mass is 9.80. The number of likely N-dealkylation sites (tertiary alicyclic amines) is 1. The average molecular weight is 651 g/mol. The van der Waals surface area contributed by atoms with Gasteiger partial charge in [0.05, 0.1) is 38.5 Å². The van der Waals surface area contributed by atoms with Gasteiger partial charge in [-0.15, -0.1) is 5.10 Å². The second-order valence-electron chi connectivity index (χ2n) is 13.2. The van der Waals surface area contributed by atoms with Crippen molar-refractivity contribution in [2.24, 2.45) is 5.92 Å². The van der Waals surface area contributed by atoms with Gasteiger partial charge in [-0.3, -0.25) is 9.88 Å². The maximum absolute atomic E-state index is 13.9. The molecule has 2 aliphatic rings. The van der Waals surface area contributed by atoms with Gasteiger partial charge in [0.2, 0.25) is 0 Å². The third kappa shape index (κ3) is 6.95. The first-order valence-corrected chi connectivity index (χ1v) is 16.3. The maximum Gasteiger partial charge on any atom is 0.141 e. The fourth-order valence-electron chi connectivity index (χ4n) is 6.70. The average Bonchev–Trinajstić information content (AvgIpc) is 3.52. The van der Waals surface area contributed by atoms with Crippen molar-refractivity contribution in [2.45, 2.75) is 70.4 Å². The van der Waals surface area contributed by atoms with Gasteiger partial charge in [-0.2, -0.15) is 5.26 Å².